The summed E-state index contributed by atoms with van der Waals surface area (Å²) >= 11 is 0. The average molecular weight is 513 g/mol. The molecule has 6 aromatic rings. The summed E-state index contributed by atoms with van der Waals surface area (Å²) in [5.74, 6) is -0.392. The largest absolute Gasteiger partial charge is 0.378 e. The van der Waals surface area contributed by atoms with Crippen LogP contribution < -0.4 is 10.2 Å². The summed E-state index contributed by atoms with van der Waals surface area (Å²) in [5, 5.41) is 5.47. The molecule has 1 saturated heterocycles. The molecule has 0 bridgehead atoms. The smallest absolute Gasteiger partial charge is 0.229 e. The summed E-state index contributed by atoms with van der Waals surface area (Å²) in [6.45, 7) is 2.72. The Bertz CT molecular complexity index is 1800. The Morgan fingerprint density at radius 1 is 0.921 bits per heavy atom. The molecule has 1 aliphatic heterocycles. The van der Waals surface area contributed by atoms with Crippen LogP contribution >= 0.6 is 0 Å². The molecule has 0 aliphatic carbocycles. The predicted octanol–water partition coefficient (Wildman–Crippen LogP) is 4.57. The summed E-state index contributed by atoms with van der Waals surface area (Å²) in [5.41, 5.74) is 2.57. The van der Waals surface area contributed by atoms with E-state index in [1.807, 2.05) is 28.8 Å². The zero-order valence-corrected chi connectivity index (χ0v) is 20.2. The molecule has 1 aliphatic rings. The van der Waals surface area contributed by atoms with Crippen LogP contribution in [0.4, 0.5) is 20.5 Å². The van der Waals surface area contributed by atoms with E-state index in [4.69, 9.17) is 14.7 Å². The van der Waals surface area contributed by atoms with E-state index in [-0.39, 0.29) is 12.1 Å². The molecule has 0 spiro atoms. The number of hydrogen-bond acceptors (Lipinski definition) is 7. The summed E-state index contributed by atoms with van der Waals surface area (Å²) in [4.78, 5) is 23.7. The predicted molar refractivity (Wildman–Crippen MR) is 141 cm³/mol. The van der Waals surface area contributed by atoms with Crippen LogP contribution in [0, 0.1) is 11.6 Å². The van der Waals surface area contributed by atoms with E-state index in [0.717, 1.165) is 22.5 Å². The number of morpholine rings is 1. The van der Waals surface area contributed by atoms with Gasteiger partial charge in [-0.05, 0) is 23.6 Å². The highest BCUT2D eigenvalue weighted by molar-refractivity contribution is 5.93. The topological polar surface area (TPSA) is 96.8 Å². The maximum Gasteiger partial charge on any atom is 0.229 e. The van der Waals surface area contributed by atoms with E-state index < -0.39 is 11.6 Å². The molecule has 38 heavy (non-hydrogen) atoms. The Balaban J connectivity index is 1.32. The van der Waals surface area contributed by atoms with Crippen LogP contribution in [0.15, 0.2) is 60.9 Å². The van der Waals surface area contributed by atoms with Crippen molar-refractivity contribution in [3.05, 3.63) is 78.4 Å². The van der Waals surface area contributed by atoms with Crippen molar-refractivity contribution in [3.8, 4) is 5.69 Å². The lowest BCUT2D eigenvalue weighted by Crippen LogP contribution is -2.37. The summed E-state index contributed by atoms with van der Waals surface area (Å²) in [6.07, 6.45) is 1.74. The highest BCUT2D eigenvalue weighted by Gasteiger charge is 2.21. The van der Waals surface area contributed by atoms with Crippen LogP contribution in [0.5, 0.6) is 0 Å². The Labute approximate surface area is 215 Å². The fraction of sp³-hybridized carbons (Fsp3) is 0.185. The number of rotatable bonds is 5. The van der Waals surface area contributed by atoms with Crippen molar-refractivity contribution in [3.63, 3.8) is 0 Å². The molecule has 7 rings (SSSR count). The minimum atomic E-state index is -0.974. The fourth-order valence-corrected chi connectivity index (χ4v) is 4.83. The zero-order valence-electron chi connectivity index (χ0n) is 20.2. The van der Waals surface area contributed by atoms with Gasteiger partial charge in [0.25, 0.3) is 0 Å². The van der Waals surface area contributed by atoms with Crippen molar-refractivity contribution in [1.29, 1.82) is 0 Å². The zero-order chi connectivity index (χ0) is 25.6. The van der Waals surface area contributed by atoms with Crippen LogP contribution in [0.2, 0.25) is 0 Å². The van der Waals surface area contributed by atoms with Gasteiger partial charge in [-0.1, -0.05) is 36.4 Å². The Hall–Kier alpha value is -4.64. The lowest BCUT2D eigenvalue weighted by atomic mass is 10.1. The van der Waals surface area contributed by atoms with E-state index in [0.29, 0.717) is 60.6 Å². The van der Waals surface area contributed by atoms with Crippen molar-refractivity contribution in [2.75, 3.05) is 36.5 Å². The van der Waals surface area contributed by atoms with Crippen LogP contribution in [0.25, 0.3) is 38.7 Å². The molecule has 0 saturated carbocycles. The first-order valence-corrected chi connectivity index (χ1v) is 12.3. The van der Waals surface area contributed by atoms with Gasteiger partial charge in [-0.2, -0.15) is 9.97 Å². The summed E-state index contributed by atoms with van der Waals surface area (Å²) in [6, 6.07) is 16.8. The number of anilines is 2. The first-order valence-electron chi connectivity index (χ1n) is 12.3. The van der Waals surface area contributed by atoms with Crippen molar-refractivity contribution in [2.45, 2.75) is 6.54 Å². The molecule has 0 unspecified atom stereocenters. The lowest BCUT2D eigenvalue weighted by Gasteiger charge is -2.27. The molecule has 3 aromatic carbocycles. The Morgan fingerprint density at radius 3 is 2.66 bits per heavy atom. The average Bonchev–Trinajstić information content (AvgIpc) is 3.59. The SMILES string of the molecule is Fc1ccc2[nH]c(CNc3nc(N4CCOCC4)nc4c3ncn4-c3cccc4ccccc34)nc2c1F. The molecule has 2 N–H and O–H groups in total. The molecule has 9 nitrogen and oxygen atoms in total. The van der Waals surface area contributed by atoms with Crippen molar-refractivity contribution in [2.24, 2.45) is 0 Å². The molecule has 4 heterocycles. The van der Waals surface area contributed by atoms with Crippen LogP contribution in [0.3, 0.4) is 0 Å². The maximum absolute atomic E-state index is 14.2. The highest BCUT2D eigenvalue weighted by Crippen LogP contribution is 2.29. The first-order chi connectivity index (χ1) is 18.7. The fourth-order valence-electron chi connectivity index (χ4n) is 4.83. The van der Waals surface area contributed by atoms with Crippen LogP contribution in [-0.4, -0.2) is 55.8 Å². The minimum absolute atomic E-state index is 0.0381. The van der Waals surface area contributed by atoms with E-state index in [2.05, 4.69) is 43.4 Å². The number of hydrogen-bond donors (Lipinski definition) is 2. The number of benzene rings is 3. The number of H-pyrrole nitrogens is 1. The molecular weight excluding hydrogens is 490 g/mol. The summed E-state index contributed by atoms with van der Waals surface area (Å²) in [7, 11) is 0. The van der Waals surface area contributed by atoms with E-state index in [1.165, 1.54) is 6.07 Å². The minimum Gasteiger partial charge on any atom is -0.378 e. The number of imidazole rings is 2. The van der Waals surface area contributed by atoms with Crippen LogP contribution in [0.1, 0.15) is 5.82 Å². The third-order valence-corrected chi connectivity index (χ3v) is 6.72. The van der Waals surface area contributed by atoms with Crippen molar-refractivity contribution < 1.29 is 13.5 Å². The number of fused-ring (bicyclic) bond motifs is 3. The monoisotopic (exact) mass is 512 g/mol. The second-order valence-electron chi connectivity index (χ2n) is 9.05. The van der Waals surface area contributed by atoms with Gasteiger partial charge >= 0.3 is 0 Å². The van der Waals surface area contributed by atoms with E-state index >= 15 is 0 Å². The molecular formula is C27H22F2N8O. The van der Waals surface area contributed by atoms with E-state index in [1.54, 1.807) is 6.33 Å². The van der Waals surface area contributed by atoms with Gasteiger partial charge in [0.1, 0.15) is 17.7 Å². The number of nitrogens with one attached hydrogen (secondary N) is 2. The van der Waals surface area contributed by atoms with Crippen LogP contribution in [-0.2, 0) is 11.3 Å². The van der Waals surface area contributed by atoms with Gasteiger partial charge in [0, 0.05) is 18.5 Å². The Kier molecular flexibility index (Phi) is 5.36. The third kappa shape index (κ3) is 3.79. The molecule has 0 radical (unpaired) electrons. The van der Waals surface area contributed by atoms with Crippen molar-refractivity contribution >= 4 is 44.7 Å². The molecule has 0 atom stereocenters. The quantitative estimate of drug-likeness (QED) is 0.349. The van der Waals surface area contributed by atoms with Gasteiger partial charge in [0.05, 0.1) is 31.0 Å². The molecule has 1 fully saturated rings. The standard InChI is InChI=1S/C27H22F2N8O/c28-18-8-9-19-23(22(18)29)33-21(32-19)14-30-25-24-26(35-27(34-25)36-10-12-38-13-11-36)37(15-31-24)20-7-3-5-16-4-1-2-6-17(16)20/h1-9,15H,10-14H2,(H,32,33)(H,30,34,35). The Morgan fingerprint density at radius 2 is 1.76 bits per heavy atom. The van der Waals surface area contributed by atoms with Gasteiger partial charge in [-0.25, -0.2) is 18.7 Å². The molecule has 11 heteroatoms. The second kappa shape index (κ2) is 9.03. The third-order valence-electron chi connectivity index (χ3n) is 6.72. The first kappa shape index (κ1) is 22.5. The van der Waals surface area contributed by atoms with Gasteiger partial charge in [0.15, 0.2) is 28.6 Å². The van der Waals surface area contributed by atoms with Gasteiger partial charge in [-0.3, -0.25) is 4.57 Å². The number of aromatic nitrogens is 6. The van der Waals surface area contributed by atoms with Gasteiger partial charge in [0.2, 0.25) is 5.95 Å². The van der Waals surface area contributed by atoms with E-state index in [9.17, 15) is 8.78 Å². The lowest BCUT2D eigenvalue weighted by molar-refractivity contribution is 0.122. The molecule has 3 aromatic heterocycles. The molecule has 190 valence electrons. The summed E-state index contributed by atoms with van der Waals surface area (Å²) < 4.78 is 35.3. The van der Waals surface area contributed by atoms with Crippen molar-refractivity contribution in [1.82, 2.24) is 29.5 Å². The van der Waals surface area contributed by atoms with Gasteiger partial charge < -0.3 is 19.9 Å². The number of halogens is 2. The molecule has 0 amide bonds. The maximum atomic E-state index is 14.2. The second-order valence-corrected chi connectivity index (χ2v) is 9.05. The highest BCUT2D eigenvalue weighted by atomic mass is 19.2. The van der Waals surface area contributed by atoms with Gasteiger partial charge in [-0.15, -0.1) is 0 Å². The normalized spacial score (nSPS) is 14.1. The number of aromatic amines is 1. The number of ether oxygens (including phenoxy) is 1. The number of nitrogens with zero attached hydrogens (tertiary/aromatic N) is 6.